The predicted octanol–water partition coefficient (Wildman–Crippen LogP) is 2.17. The number of carbonyl (C=O) groups excluding carboxylic acids is 4. The van der Waals surface area contributed by atoms with Gasteiger partial charge in [-0.25, -0.2) is 19.9 Å². The van der Waals surface area contributed by atoms with Gasteiger partial charge in [0.05, 0.1) is 31.4 Å². The lowest BCUT2D eigenvalue weighted by atomic mass is 10.0. The molecule has 49 heavy (non-hydrogen) atoms. The first-order valence-electron chi connectivity index (χ1n) is 16.0. The third-order valence-electron chi connectivity index (χ3n) is 8.11. The van der Waals surface area contributed by atoms with Crippen molar-refractivity contribution in [3.05, 3.63) is 87.8 Å². The fourth-order valence-corrected chi connectivity index (χ4v) is 6.48. The molecular formula is C33H37N9O6S. The lowest BCUT2D eigenvalue weighted by Crippen LogP contribution is -2.45. The summed E-state index contributed by atoms with van der Waals surface area (Å²) < 4.78 is 11.1. The second-order valence-electron chi connectivity index (χ2n) is 12.0. The zero-order valence-corrected chi connectivity index (χ0v) is 27.9. The fraction of sp³-hybridized carbons (Fsp3) is 0.394. The van der Waals surface area contributed by atoms with E-state index in [0.717, 1.165) is 5.56 Å². The molecule has 0 spiro atoms. The van der Waals surface area contributed by atoms with Gasteiger partial charge in [-0.3, -0.25) is 19.2 Å². The van der Waals surface area contributed by atoms with Crippen molar-refractivity contribution in [3.63, 3.8) is 0 Å². The van der Waals surface area contributed by atoms with Crippen LogP contribution in [0.15, 0.2) is 58.8 Å². The molecule has 16 heteroatoms. The minimum Gasteiger partial charge on any atom is -0.446 e. The summed E-state index contributed by atoms with van der Waals surface area (Å²) in [4.78, 5) is 74.8. The molecule has 0 aliphatic carbocycles. The molecule has 15 nitrogen and oxygen atoms in total. The van der Waals surface area contributed by atoms with Crippen LogP contribution in [-0.2, 0) is 16.0 Å². The number of nitrogens with zero attached hydrogens (tertiary/aromatic N) is 6. The molecule has 4 aromatic rings. The highest BCUT2D eigenvalue weighted by atomic mass is 32.1. The smallest absolute Gasteiger partial charge is 0.273 e. The standard InChI is InChI=1S/C33H37N9O6S/c1-20(2)27-31-39-25(19-49-31)29(45)37-23(14-21-6-4-3-5-7-21)30-38-24(18-48-30)28(44)34-8-9-42(17-26(43)40-27)32(46)22-15-35-33(36-16-22)41-10-12-47-13-11-41/h3-7,15-16,18-20,23,27H,8-14,17H2,1-2H3,(H,34,44)(H,37,45)(H,40,43)/t23-,27-/m0/s1. The molecule has 256 valence electrons. The van der Waals surface area contributed by atoms with Gasteiger partial charge in [-0.1, -0.05) is 44.2 Å². The molecule has 5 heterocycles. The zero-order chi connectivity index (χ0) is 34.3. The number of carbonyl (C=O) groups is 4. The third kappa shape index (κ3) is 8.26. The number of fused-ring (bicyclic) bond motifs is 4. The molecule has 0 saturated carbocycles. The normalized spacial score (nSPS) is 19.4. The van der Waals surface area contributed by atoms with Crippen molar-refractivity contribution in [2.75, 3.05) is 50.8 Å². The van der Waals surface area contributed by atoms with E-state index < -0.39 is 35.7 Å². The Bertz CT molecular complexity index is 1770. The van der Waals surface area contributed by atoms with Gasteiger partial charge < -0.3 is 34.9 Å². The summed E-state index contributed by atoms with van der Waals surface area (Å²) >= 11 is 1.25. The van der Waals surface area contributed by atoms with Crippen molar-refractivity contribution in [2.24, 2.45) is 5.92 Å². The van der Waals surface area contributed by atoms with Crippen molar-refractivity contribution in [1.82, 2.24) is 40.8 Å². The van der Waals surface area contributed by atoms with E-state index in [1.165, 1.54) is 34.9 Å². The van der Waals surface area contributed by atoms with Crippen LogP contribution in [0.3, 0.4) is 0 Å². The van der Waals surface area contributed by atoms with E-state index in [1.807, 2.05) is 49.1 Å². The number of anilines is 1. The molecule has 4 amide bonds. The number of oxazole rings is 1. The quantitative estimate of drug-likeness (QED) is 0.279. The van der Waals surface area contributed by atoms with Crippen LogP contribution in [0.2, 0.25) is 0 Å². The average molecular weight is 688 g/mol. The van der Waals surface area contributed by atoms with Crippen LogP contribution in [-0.4, -0.2) is 94.4 Å². The molecule has 2 aliphatic rings. The van der Waals surface area contributed by atoms with Crippen LogP contribution in [0, 0.1) is 5.92 Å². The monoisotopic (exact) mass is 687 g/mol. The van der Waals surface area contributed by atoms with E-state index in [2.05, 4.69) is 35.9 Å². The minimum absolute atomic E-state index is 0.00173. The molecule has 2 aliphatic heterocycles. The van der Waals surface area contributed by atoms with E-state index in [1.54, 1.807) is 5.38 Å². The van der Waals surface area contributed by atoms with Crippen molar-refractivity contribution in [3.8, 4) is 0 Å². The van der Waals surface area contributed by atoms with Gasteiger partial charge in [0.1, 0.15) is 23.0 Å². The highest BCUT2D eigenvalue weighted by molar-refractivity contribution is 7.09. The van der Waals surface area contributed by atoms with Gasteiger partial charge in [-0.2, -0.15) is 0 Å². The first-order valence-corrected chi connectivity index (χ1v) is 16.9. The first kappa shape index (κ1) is 33.7. The first-order chi connectivity index (χ1) is 23.7. The Morgan fingerprint density at radius 3 is 2.47 bits per heavy atom. The van der Waals surface area contributed by atoms with Crippen molar-refractivity contribution < 1.29 is 28.3 Å². The van der Waals surface area contributed by atoms with E-state index in [-0.39, 0.29) is 48.4 Å². The summed E-state index contributed by atoms with van der Waals surface area (Å²) in [6.07, 6.45) is 4.44. The van der Waals surface area contributed by atoms with Gasteiger partial charge in [-0.05, 0) is 11.5 Å². The Hall–Kier alpha value is -5.22. The molecule has 6 rings (SSSR count). The maximum atomic E-state index is 13.7. The lowest BCUT2D eigenvalue weighted by Gasteiger charge is -2.27. The Labute approximate surface area is 286 Å². The zero-order valence-electron chi connectivity index (χ0n) is 27.1. The van der Waals surface area contributed by atoms with Gasteiger partial charge in [-0.15, -0.1) is 11.3 Å². The Morgan fingerprint density at radius 1 is 0.980 bits per heavy atom. The van der Waals surface area contributed by atoms with Crippen molar-refractivity contribution >= 4 is 40.9 Å². The molecule has 3 N–H and O–H groups in total. The van der Waals surface area contributed by atoms with Gasteiger partial charge >= 0.3 is 0 Å². The van der Waals surface area contributed by atoms with Gasteiger partial charge in [0.25, 0.3) is 17.7 Å². The van der Waals surface area contributed by atoms with E-state index in [9.17, 15) is 19.2 Å². The number of amides is 4. The summed E-state index contributed by atoms with van der Waals surface area (Å²) in [5, 5.41) is 10.9. The summed E-state index contributed by atoms with van der Waals surface area (Å²) in [7, 11) is 0. The number of nitrogens with one attached hydrogen (secondary N) is 3. The maximum absolute atomic E-state index is 13.7. The van der Waals surface area contributed by atoms with Gasteiger partial charge in [0, 0.05) is 50.4 Å². The number of morpholine rings is 1. The molecule has 1 fully saturated rings. The van der Waals surface area contributed by atoms with Crippen LogP contribution in [0.25, 0.3) is 0 Å². The van der Waals surface area contributed by atoms with Crippen LogP contribution >= 0.6 is 11.3 Å². The molecule has 2 atom stereocenters. The minimum atomic E-state index is -0.703. The van der Waals surface area contributed by atoms with Gasteiger partial charge in [0.2, 0.25) is 17.7 Å². The highest BCUT2D eigenvalue weighted by Gasteiger charge is 2.29. The number of rotatable bonds is 5. The Morgan fingerprint density at radius 2 is 1.73 bits per heavy atom. The van der Waals surface area contributed by atoms with Crippen LogP contribution in [0.5, 0.6) is 0 Å². The molecular weight excluding hydrogens is 650 g/mol. The largest absolute Gasteiger partial charge is 0.446 e. The number of hydrogen-bond acceptors (Lipinski definition) is 12. The number of ether oxygens (including phenoxy) is 1. The van der Waals surface area contributed by atoms with Crippen LogP contribution in [0.1, 0.15) is 73.7 Å². The summed E-state index contributed by atoms with van der Waals surface area (Å²) in [6.45, 7) is 5.99. The van der Waals surface area contributed by atoms with E-state index in [4.69, 9.17) is 9.15 Å². The average Bonchev–Trinajstić information content (AvgIpc) is 3.81. The lowest BCUT2D eigenvalue weighted by molar-refractivity contribution is -0.122. The number of hydrogen-bond donors (Lipinski definition) is 3. The molecule has 3 aromatic heterocycles. The molecule has 0 unspecified atom stereocenters. The number of benzene rings is 1. The topological polar surface area (TPSA) is 185 Å². The molecule has 0 radical (unpaired) electrons. The molecule has 4 bridgehead atoms. The number of thiazole rings is 1. The van der Waals surface area contributed by atoms with Gasteiger partial charge in [0.15, 0.2) is 5.69 Å². The Kier molecular flexibility index (Phi) is 10.5. The summed E-state index contributed by atoms with van der Waals surface area (Å²) in [5.74, 6) is -1.36. The third-order valence-corrected chi connectivity index (χ3v) is 9.04. The summed E-state index contributed by atoms with van der Waals surface area (Å²) in [6, 6.07) is 8.28. The SMILES string of the molecule is CC(C)[C@@H]1NC(=O)CN(C(=O)c2cnc(N3CCOCC3)nc2)CCNC(=O)c2coc(n2)[C@H](Cc2ccccc2)NC(=O)c2csc1n2. The van der Waals surface area contributed by atoms with E-state index >= 15 is 0 Å². The fourth-order valence-electron chi connectivity index (χ4n) is 5.46. The molecule has 1 aromatic carbocycles. The second-order valence-corrected chi connectivity index (χ2v) is 12.9. The Balaban J connectivity index is 1.27. The van der Waals surface area contributed by atoms with Crippen molar-refractivity contribution in [1.29, 1.82) is 0 Å². The van der Waals surface area contributed by atoms with Crippen molar-refractivity contribution in [2.45, 2.75) is 32.4 Å². The highest BCUT2D eigenvalue weighted by Crippen LogP contribution is 2.26. The van der Waals surface area contributed by atoms with Crippen LogP contribution in [0.4, 0.5) is 5.95 Å². The number of aromatic nitrogens is 4. The maximum Gasteiger partial charge on any atom is 0.273 e. The summed E-state index contributed by atoms with van der Waals surface area (Å²) in [5.41, 5.74) is 1.29. The molecule has 1 saturated heterocycles. The predicted molar refractivity (Wildman–Crippen MR) is 178 cm³/mol. The second kappa shape index (κ2) is 15.3. The van der Waals surface area contributed by atoms with Crippen LogP contribution < -0.4 is 20.9 Å². The van der Waals surface area contributed by atoms with E-state index in [0.29, 0.717) is 43.7 Å².